The quantitative estimate of drug-likeness (QED) is 0.842. The molecule has 0 aliphatic rings. The predicted molar refractivity (Wildman–Crippen MR) is 84.2 cm³/mol. The predicted octanol–water partition coefficient (Wildman–Crippen LogP) is 5.03. The molecule has 0 unspecified atom stereocenters. The van der Waals surface area contributed by atoms with Gasteiger partial charge < -0.3 is 10.1 Å². The van der Waals surface area contributed by atoms with E-state index in [4.69, 9.17) is 16.3 Å². The van der Waals surface area contributed by atoms with E-state index in [1.165, 1.54) is 0 Å². The number of halogens is 2. The number of anilines is 1. The Balaban J connectivity index is 2.05. The Morgan fingerprint density at radius 2 is 2.00 bits per heavy atom. The molecule has 2 rings (SSSR count). The number of nitrogens with one attached hydrogen (secondary N) is 1. The molecule has 0 aliphatic heterocycles. The van der Waals surface area contributed by atoms with Gasteiger partial charge in [0.05, 0.1) is 12.1 Å². The van der Waals surface area contributed by atoms with E-state index in [1.54, 1.807) is 7.11 Å². The maximum absolute atomic E-state index is 6.07. The highest BCUT2D eigenvalue weighted by Gasteiger charge is 2.01. The Hall–Kier alpha value is -1.19. The van der Waals surface area contributed by atoms with E-state index in [0.29, 0.717) is 0 Å². The monoisotopic (exact) mass is 339 g/mol. The lowest BCUT2D eigenvalue weighted by Crippen LogP contribution is -2.00. The first-order valence-electron chi connectivity index (χ1n) is 5.92. The maximum atomic E-state index is 6.07. The van der Waals surface area contributed by atoms with Crippen LogP contribution < -0.4 is 10.1 Å². The van der Waals surface area contributed by atoms with Crippen molar-refractivity contribution in [3.05, 3.63) is 57.0 Å². The average Bonchev–Trinajstić information content (AvgIpc) is 2.40. The molecule has 0 aromatic heterocycles. The topological polar surface area (TPSA) is 21.3 Å². The van der Waals surface area contributed by atoms with Crippen molar-refractivity contribution in [2.75, 3.05) is 12.4 Å². The van der Waals surface area contributed by atoms with Crippen molar-refractivity contribution in [1.82, 2.24) is 0 Å². The SMILES string of the molecule is COc1ccc(NCc2ccc(Br)c(Cl)c2)cc1C. The number of ether oxygens (including phenoxy) is 1. The van der Waals surface area contributed by atoms with E-state index in [-0.39, 0.29) is 0 Å². The van der Waals surface area contributed by atoms with Crippen LogP contribution in [0.5, 0.6) is 5.75 Å². The third kappa shape index (κ3) is 3.64. The fourth-order valence-corrected chi connectivity index (χ4v) is 2.29. The Labute approximate surface area is 126 Å². The van der Waals surface area contributed by atoms with Gasteiger partial charge >= 0.3 is 0 Å². The molecule has 4 heteroatoms. The number of benzene rings is 2. The third-order valence-corrected chi connectivity index (χ3v) is 4.11. The van der Waals surface area contributed by atoms with Gasteiger partial charge in [-0.15, -0.1) is 0 Å². The van der Waals surface area contributed by atoms with Crippen LogP contribution in [0.3, 0.4) is 0 Å². The zero-order chi connectivity index (χ0) is 13.8. The maximum Gasteiger partial charge on any atom is 0.121 e. The van der Waals surface area contributed by atoms with Crippen LogP contribution in [0.1, 0.15) is 11.1 Å². The van der Waals surface area contributed by atoms with Crippen LogP contribution in [-0.4, -0.2) is 7.11 Å². The summed E-state index contributed by atoms with van der Waals surface area (Å²) in [6.07, 6.45) is 0. The lowest BCUT2D eigenvalue weighted by molar-refractivity contribution is 0.412. The van der Waals surface area contributed by atoms with Crippen molar-refractivity contribution >= 4 is 33.2 Å². The molecule has 19 heavy (non-hydrogen) atoms. The second-order valence-corrected chi connectivity index (χ2v) is 5.55. The lowest BCUT2D eigenvalue weighted by Gasteiger charge is -2.10. The standard InChI is InChI=1S/C15H15BrClNO/c1-10-7-12(4-6-15(10)19-2)18-9-11-3-5-13(16)14(17)8-11/h3-8,18H,9H2,1-2H3. The van der Waals surface area contributed by atoms with Crippen molar-refractivity contribution in [3.63, 3.8) is 0 Å². The molecule has 2 aromatic carbocycles. The molecule has 0 atom stereocenters. The largest absolute Gasteiger partial charge is 0.496 e. The van der Waals surface area contributed by atoms with Gasteiger partial charge in [-0.2, -0.15) is 0 Å². The normalized spacial score (nSPS) is 10.3. The van der Waals surface area contributed by atoms with Crippen LogP contribution in [0.15, 0.2) is 40.9 Å². The molecule has 2 nitrogen and oxygen atoms in total. The summed E-state index contributed by atoms with van der Waals surface area (Å²) < 4.78 is 6.16. The minimum Gasteiger partial charge on any atom is -0.496 e. The molecular formula is C15H15BrClNO. The summed E-state index contributed by atoms with van der Waals surface area (Å²) in [4.78, 5) is 0. The van der Waals surface area contributed by atoms with Gasteiger partial charge in [-0.05, 0) is 64.3 Å². The van der Waals surface area contributed by atoms with Crippen molar-refractivity contribution in [1.29, 1.82) is 0 Å². The van der Waals surface area contributed by atoms with Gasteiger partial charge in [-0.25, -0.2) is 0 Å². The molecule has 0 heterocycles. The zero-order valence-corrected chi connectivity index (χ0v) is 13.2. The number of hydrogen-bond acceptors (Lipinski definition) is 2. The molecular weight excluding hydrogens is 326 g/mol. The van der Waals surface area contributed by atoms with Crippen LogP contribution in [0.4, 0.5) is 5.69 Å². The molecule has 0 bridgehead atoms. The molecule has 0 saturated carbocycles. The highest BCUT2D eigenvalue weighted by molar-refractivity contribution is 9.10. The van der Waals surface area contributed by atoms with Crippen LogP contribution in [-0.2, 0) is 6.54 Å². The molecule has 0 amide bonds. The third-order valence-electron chi connectivity index (χ3n) is 2.88. The first kappa shape index (κ1) is 14.2. The summed E-state index contributed by atoms with van der Waals surface area (Å²) in [7, 11) is 1.68. The number of aryl methyl sites for hydroxylation is 1. The van der Waals surface area contributed by atoms with E-state index < -0.39 is 0 Å². The second-order valence-electron chi connectivity index (χ2n) is 4.29. The highest BCUT2D eigenvalue weighted by atomic mass is 79.9. The van der Waals surface area contributed by atoms with E-state index in [2.05, 4.69) is 27.3 Å². The lowest BCUT2D eigenvalue weighted by atomic mass is 10.2. The number of methoxy groups -OCH3 is 1. The molecule has 0 fully saturated rings. The van der Waals surface area contributed by atoms with Gasteiger partial charge in [0.15, 0.2) is 0 Å². The molecule has 0 radical (unpaired) electrons. The minimum absolute atomic E-state index is 0.727. The number of rotatable bonds is 4. The molecule has 0 aliphatic carbocycles. The van der Waals surface area contributed by atoms with E-state index in [1.807, 2.05) is 37.3 Å². The smallest absolute Gasteiger partial charge is 0.121 e. The molecule has 1 N–H and O–H groups in total. The van der Waals surface area contributed by atoms with Gasteiger partial charge in [0.2, 0.25) is 0 Å². The fraction of sp³-hybridized carbons (Fsp3) is 0.200. The minimum atomic E-state index is 0.727. The average molecular weight is 341 g/mol. The Morgan fingerprint density at radius 1 is 1.21 bits per heavy atom. The van der Waals surface area contributed by atoms with Crippen molar-refractivity contribution in [2.45, 2.75) is 13.5 Å². The van der Waals surface area contributed by atoms with Crippen molar-refractivity contribution < 1.29 is 4.74 Å². The van der Waals surface area contributed by atoms with Crippen molar-refractivity contribution in [2.24, 2.45) is 0 Å². The summed E-state index contributed by atoms with van der Waals surface area (Å²) in [6, 6.07) is 12.0. The van der Waals surface area contributed by atoms with E-state index in [0.717, 1.165) is 38.6 Å². The fourth-order valence-electron chi connectivity index (χ4n) is 1.84. The summed E-state index contributed by atoms with van der Waals surface area (Å²) in [6.45, 7) is 2.76. The van der Waals surface area contributed by atoms with Gasteiger partial charge in [-0.3, -0.25) is 0 Å². The van der Waals surface area contributed by atoms with Gasteiger partial charge in [-0.1, -0.05) is 17.7 Å². The Kier molecular flexibility index (Phi) is 4.72. The molecule has 0 spiro atoms. The van der Waals surface area contributed by atoms with Crippen LogP contribution >= 0.6 is 27.5 Å². The van der Waals surface area contributed by atoms with Crippen LogP contribution in [0.25, 0.3) is 0 Å². The highest BCUT2D eigenvalue weighted by Crippen LogP contribution is 2.25. The van der Waals surface area contributed by atoms with Crippen LogP contribution in [0.2, 0.25) is 5.02 Å². The van der Waals surface area contributed by atoms with Gasteiger partial charge in [0.25, 0.3) is 0 Å². The number of hydrogen-bond donors (Lipinski definition) is 1. The molecule has 0 saturated heterocycles. The van der Waals surface area contributed by atoms with Crippen LogP contribution in [0, 0.1) is 6.92 Å². The Morgan fingerprint density at radius 3 is 2.63 bits per heavy atom. The van der Waals surface area contributed by atoms with Gasteiger partial charge in [0.1, 0.15) is 5.75 Å². The van der Waals surface area contributed by atoms with E-state index >= 15 is 0 Å². The van der Waals surface area contributed by atoms with Gasteiger partial charge in [0, 0.05) is 16.7 Å². The first-order valence-corrected chi connectivity index (χ1v) is 7.09. The summed E-state index contributed by atoms with van der Waals surface area (Å²) in [5, 5.41) is 4.10. The molecule has 2 aromatic rings. The second kappa shape index (κ2) is 6.31. The molecule has 100 valence electrons. The summed E-state index contributed by atoms with van der Waals surface area (Å²) in [5.74, 6) is 0.900. The summed E-state index contributed by atoms with van der Waals surface area (Å²) >= 11 is 9.45. The first-order chi connectivity index (χ1) is 9.10. The van der Waals surface area contributed by atoms with Crippen molar-refractivity contribution in [3.8, 4) is 5.75 Å². The summed E-state index contributed by atoms with van der Waals surface area (Å²) in [5.41, 5.74) is 3.32. The zero-order valence-electron chi connectivity index (χ0n) is 10.8. The van der Waals surface area contributed by atoms with E-state index in [9.17, 15) is 0 Å². The Bertz CT molecular complexity index is 586.